The van der Waals surface area contributed by atoms with Crippen molar-refractivity contribution in [2.24, 2.45) is 0 Å². The largest absolute Gasteiger partial charge is 0.367 e. The minimum Gasteiger partial charge on any atom is -0.367 e. The number of fused-ring (bicyclic) bond motifs is 1. The van der Waals surface area contributed by atoms with Gasteiger partial charge in [-0.25, -0.2) is 0 Å². The predicted molar refractivity (Wildman–Crippen MR) is 78.9 cm³/mol. The van der Waals surface area contributed by atoms with Gasteiger partial charge in [0.05, 0.1) is 5.52 Å². The molecule has 3 heteroatoms. The van der Waals surface area contributed by atoms with Crippen molar-refractivity contribution in [3.05, 3.63) is 42.1 Å². The first-order chi connectivity index (χ1) is 9.77. The van der Waals surface area contributed by atoms with Gasteiger partial charge in [-0.15, -0.1) is 0 Å². The lowest BCUT2D eigenvalue weighted by Gasteiger charge is -2.27. The van der Waals surface area contributed by atoms with Gasteiger partial charge in [-0.05, 0) is 44.7 Å². The summed E-state index contributed by atoms with van der Waals surface area (Å²) in [4.78, 5) is 17.3. The molecule has 3 nitrogen and oxygen atoms in total. The Morgan fingerprint density at radius 3 is 2.80 bits per heavy atom. The second-order valence-electron chi connectivity index (χ2n) is 5.34. The molecule has 0 spiro atoms. The Bertz CT molecular complexity index is 624. The lowest BCUT2D eigenvalue weighted by Crippen LogP contribution is -2.39. The first-order valence-corrected chi connectivity index (χ1v) is 7.29. The van der Waals surface area contributed by atoms with Crippen LogP contribution in [0.15, 0.2) is 36.5 Å². The quantitative estimate of drug-likeness (QED) is 0.793. The van der Waals surface area contributed by atoms with Crippen molar-refractivity contribution in [2.75, 3.05) is 6.61 Å². The topological polar surface area (TPSA) is 39.2 Å². The maximum absolute atomic E-state index is 13.0. The number of ether oxygens (including phenoxy) is 1. The molecule has 1 saturated carbocycles. The third-order valence-corrected chi connectivity index (χ3v) is 4.14. The number of nitrogens with zero attached hydrogens (tertiary/aromatic N) is 1. The van der Waals surface area contributed by atoms with Gasteiger partial charge in [0, 0.05) is 23.8 Å². The number of Topliss-reactive ketones (excluding diaryl/α,β-unsaturated/α-hetero) is 1. The van der Waals surface area contributed by atoms with E-state index in [9.17, 15) is 4.79 Å². The minimum atomic E-state index is -0.612. The summed E-state index contributed by atoms with van der Waals surface area (Å²) in [6.07, 6.45) is 5.54. The summed E-state index contributed by atoms with van der Waals surface area (Å²) in [5, 5.41) is 0.922. The molecule has 1 heterocycles. The highest BCUT2D eigenvalue weighted by Gasteiger charge is 2.42. The summed E-state index contributed by atoms with van der Waals surface area (Å²) in [5.74, 6) is 0.121. The standard InChI is InChI=1S/C17H19NO2/c1-2-20-17(10-3-4-11-17)16(19)14-7-5-9-15-13(14)8-6-12-18-15/h5-9,12H,2-4,10-11H2,1H3. The second kappa shape index (κ2) is 5.33. The van der Waals surface area contributed by atoms with Crippen molar-refractivity contribution in [1.82, 2.24) is 4.98 Å². The van der Waals surface area contributed by atoms with E-state index < -0.39 is 5.60 Å². The Morgan fingerprint density at radius 1 is 1.25 bits per heavy atom. The predicted octanol–water partition coefficient (Wildman–Crippen LogP) is 3.77. The van der Waals surface area contributed by atoms with Gasteiger partial charge in [-0.2, -0.15) is 0 Å². The van der Waals surface area contributed by atoms with Crippen molar-refractivity contribution >= 4 is 16.7 Å². The molecular weight excluding hydrogens is 250 g/mol. The zero-order valence-corrected chi connectivity index (χ0v) is 11.8. The van der Waals surface area contributed by atoms with Crippen molar-refractivity contribution in [3.63, 3.8) is 0 Å². The van der Waals surface area contributed by atoms with Crippen LogP contribution >= 0.6 is 0 Å². The summed E-state index contributed by atoms with van der Waals surface area (Å²) < 4.78 is 5.89. The van der Waals surface area contributed by atoms with E-state index in [1.54, 1.807) is 6.20 Å². The van der Waals surface area contributed by atoms with E-state index in [0.29, 0.717) is 6.61 Å². The van der Waals surface area contributed by atoms with E-state index in [0.717, 1.165) is 42.1 Å². The van der Waals surface area contributed by atoms with Gasteiger partial charge in [-0.3, -0.25) is 9.78 Å². The monoisotopic (exact) mass is 269 g/mol. The SMILES string of the molecule is CCOC1(C(=O)c2cccc3ncccc23)CCCC1. The molecule has 0 saturated heterocycles. The van der Waals surface area contributed by atoms with E-state index in [2.05, 4.69) is 4.98 Å². The molecule has 104 valence electrons. The molecule has 0 unspecified atom stereocenters. The molecular formula is C17H19NO2. The molecule has 0 aliphatic heterocycles. The van der Waals surface area contributed by atoms with E-state index in [1.807, 2.05) is 37.3 Å². The number of carbonyl (C=O) groups is 1. The van der Waals surface area contributed by atoms with Gasteiger partial charge in [0.2, 0.25) is 0 Å². The summed E-state index contributed by atoms with van der Waals surface area (Å²) in [7, 11) is 0. The van der Waals surface area contributed by atoms with Crippen molar-refractivity contribution in [1.29, 1.82) is 0 Å². The van der Waals surface area contributed by atoms with Crippen LogP contribution in [0.5, 0.6) is 0 Å². The smallest absolute Gasteiger partial charge is 0.195 e. The van der Waals surface area contributed by atoms with E-state index in [-0.39, 0.29) is 5.78 Å². The molecule has 20 heavy (non-hydrogen) atoms. The molecule has 0 bridgehead atoms. The normalized spacial score (nSPS) is 17.4. The highest BCUT2D eigenvalue weighted by molar-refractivity contribution is 6.11. The second-order valence-corrected chi connectivity index (χ2v) is 5.34. The number of pyridine rings is 1. The van der Waals surface area contributed by atoms with Gasteiger partial charge in [0.25, 0.3) is 0 Å². The molecule has 1 fully saturated rings. The summed E-state index contributed by atoms with van der Waals surface area (Å²) in [5.41, 5.74) is 0.993. The first kappa shape index (κ1) is 13.3. The number of benzene rings is 1. The van der Waals surface area contributed by atoms with E-state index >= 15 is 0 Å². The maximum Gasteiger partial charge on any atom is 0.195 e. The molecule has 0 radical (unpaired) electrons. The highest BCUT2D eigenvalue weighted by Crippen LogP contribution is 2.37. The van der Waals surface area contributed by atoms with Crippen LogP contribution in [0.2, 0.25) is 0 Å². The summed E-state index contributed by atoms with van der Waals surface area (Å²) in [6.45, 7) is 2.53. The van der Waals surface area contributed by atoms with Crippen molar-refractivity contribution in [2.45, 2.75) is 38.2 Å². The Hall–Kier alpha value is -1.74. The molecule has 1 aromatic carbocycles. The molecule has 2 aromatic rings. The van der Waals surface area contributed by atoms with E-state index in [1.165, 1.54) is 0 Å². The molecule has 0 amide bonds. The molecule has 1 aliphatic rings. The lowest BCUT2D eigenvalue weighted by atomic mass is 9.89. The average Bonchev–Trinajstić information content (AvgIpc) is 2.96. The zero-order chi connectivity index (χ0) is 14.0. The van der Waals surface area contributed by atoms with Crippen LogP contribution in [0.4, 0.5) is 0 Å². The van der Waals surface area contributed by atoms with Gasteiger partial charge in [0.1, 0.15) is 5.60 Å². The first-order valence-electron chi connectivity index (χ1n) is 7.29. The number of hydrogen-bond donors (Lipinski definition) is 0. The van der Waals surface area contributed by atoms with Gasteiger partial charge >= 0.3 is 0 Å². The summed E-state index contributed by atoms with van der Waals surface area (Å²) >= 11 is 0. The Kier molecular flexibility index (Phi) is 3.53. The number of hydrogen-bond acceptors (Lipinski definition) is 3. The Labute approximate surface area is 119 Å². The van der Waals surface area contributed by atoms with Crippen LogP contribution in [0, 0.1) is 0 Å². The fourth-order valence-corrected chi connectivity index (χ4v) is 3.21. The van der Waals surface area contributed by atoms with Crippen LogP contribution < -0.4 is 0 Å². The van der Waals surface area contributed by atoms with E-state index in [4.69, 9.17) is 4.74 Å². The maximum atomic E-state index is 13.0. The van der Waals surface area contributed by atoms with Gasteiger partial charge < -0.3 is 4.74 Å². The van der Waals surface area contributed by atoms with Crippen LogP contribution in [0.3, 0.4) is 0 Å². The third kappa shape index (κ3) is 2.12. The number of carbonyl (C=O) groups excluding carboxylic acids is 1. The van der Waals surface area contributed by atoms with Crippen LogP contribution in [0.1, 0.15) is 43.0 Å². The van der Waals surface area contributed by atoms with Crippen LogP contribution in [-0.4, -0.2) is 23.0 Å². The number of aromatic nitrogens is 1. The zero-order valence-electron chi connectivity index (χ0n) is 11.8. The van der Waals surface area contributed by atoms with Crippen molar-refractivity contribution < 1.29 is 9.53 Å². The van der Waals surface area contributed by atoms with Gasteiger partial charge in [-0.1, -0.05) is 18.2 Å². The molecule has 3 rings (SSSR count). The lowest BCUT2D eigenvalue weighted by molar-refractivity contribution is -0.0162. The molecule has 1 aliphatic carbocycles. The van der Waals surface area contributed by atoms with Crippen LogP contribution in [0.25, 0.3) is 10.9 Å². The third-order valence-electron chi connectivity index (χ3n) is 4.14. The summed E-state index contributed by atoms with van der Waals surface area (Å²) in [6, 6.07) is 9.57. The number of ketones is 1. The Balaban J connectivity index is 2.08. The molecule has 0 atom stereocenters. The average molecular weight is 269 g/mol. The fourth-order valence-electron chi connectivity index (χ4n) is 3.21. The fraction of sp³-hybridized carbons (Fsp3) is 0.412. The van der Waals surface area contributed by atoms with Crippen molar-refractivity contribution in [3.8, 4) is 0 Å². The van der Waals surface area contributed by atoms with Gasteiger partial charge in [0.15, 0.2) is 5.78 Å². The Morgan fingerprint density at radius 2 is 2.05 bits per heavy atom. The highest BCUT2D eigenvalue weighted by atomic mass is 16.5. The number of rotatable bonds is 4. The molecule has 0 N–H and O–H groups in total. The molecule has 1 aromatic heterocycles. The van der Waals surface area contributed by atoms with Crippen LogP contribution in [-0.2, 0) is 4.74 Å². The minimum absolute atomic E-state index is 0.121.